The van der Waals surface area contributed by atoms with E-state index >= 15 is 0 Å². The summed E-state index contributed by atoms with van der Waals surface area (Å²) < 4.78 is 13.5. The Hall–Kier alpha value is -1.75. The van der Waals surface area contributed by atoms with E-state index in [-0.39, 0.29) is 12.2 Å². The molecule has 2 aromatic rings. The van der Waals surface area contributed by atoms with Crippen LogP contribution in [-0.2, 0) is 11.2 Å². The van der Waals surface area contributed by atoms with Gasteiger partial charge in [-0.1, -0.05) is 18.2 Å². The number of rotatable bonds is 4. The minimum Gasteiger partial charge on any atom is -0.481 e. The Morgan fingerprint density at radius 2 is 2.18 bits per heavy atom. The number of carboxylic acid groups (broad SMARTS) is 1. The number of thiazole rings is 1. The molecule has 17 heavy (non-hydrogen) atoms. The summed E-state index contributed by atoms with van der Waals surface area (Å²) in [6.45, 7) is 0. The van der Waals surface area contributed by atoms with Crippen molar-refractivity contribution in [2.24, 2.45) is 0 Å². The number of benzene rings is 1. The first-order valence-corrected chi connectivity index (χ1v) is 5.90. The number of carboxylic acids is 1. The van der Waals surface area contributed by atoms with Gasteiger partial charge in [-0.2, -0.15) is 0 Å². The lowest BCUT2D eigenvalue weighted by atomic mass is 10.2. The van der Waals surface area contributed by atoms with E-state index in [1.165, 1.54) is 17.4 Å². The third kappa shape index (κ3) is 2.88. The molecular formula is C12H10FNO2S. The molecule has 0 aliphatic carbocycles. The molecule has 0 fully saturated rings. The number of hydrogen-bond donors (Lipinski definition) is 1. The second kappa shape index (κ2) is 5.05. The van der Waals surface area contributed by atoms with E-state index < -0.39 is 5.97 Å². The van der Waals surface area contributed by atoms with Crippen LogP contribution in [0.3, 0.4) is 0 Å². The molecule has 2 rings (SSSR count). The standard InChI is InChI=1S/C12H10FNO2S/c13-9-4-2-1-3-8(9)10-7-14-11(17-10)5-6-12(15)16/h1-4,7H,5-6H2,(H,15,16). The number of hydrogen-bond acceptors (Lipinski definition) is 3. The van der Waals surface area contributed by atoms with Crippen molar-refractivity contribution in [3.05, 3.63) is 41.3 Å². The van der Waals surface area contributed by atoms with E-state index in [4.69, 9.17) is 5.11 Å². The largest absolute Gasteiger partial charge is 0.481 e. The molecule has 0 saturated heterocycles. The molecule has 5 heteroatoms. The van der Waals surface area contributed by atoms with Crippen LogP contribution in [-0.4, -0.2) is 16.1 Å². The lowest BCUT2D eigenvalue weighted by Crippen LogP contribution is -1.96. The van der Waals surface area contributed by atoms with Gasteiger partial charge in [0.25, 0.3) is 0 Å². The van der Waals surface area contributed by atoms with Crippen molar-refractivity contribution in [1.82, 2.24) is 4.98 Å². The van der Waals surface area contributed by atoms with Crippen LogP contribution in [0.25, 0.3) is 10.4 Å². The van der Waals surface area contributed by atoms with E-state index in [2.05, 4.69) is 4.98 Å². The predicted octanol–water partition coefficient (Wildman–Crippen LogP) is 2.97. The molecule has 1 aromatic heterocycles. The first-order chi connectivity index (χ1) is 8.16. The van der Waals surface area contributed by atoms with Crippen molar-refractivity contribution in [2.75, 3.05) is 0 Å². The van der Waals surface area contributed by atoms with E-state index in [1.807, 2.05) is 0 Å². The van der Waals surface area contributed by atoms with Crippen LogP contribution >= 0.6 is 11.3 Å². The molecule has 0 radical (unpaired) electrons. The van der Waals surface area contributed by atoms with Crippen molar-refractivity contribution in [2.45, 2.75) is 12.8 Å². The summed E-state index contributed by atoms with van der Waals surface area (Å²) in [5.74, 6) is -1.14. The molecule has 0 saturated carbocycles. The molecule has 0 aliphatic rings. The Labute approximate surface area is 102 Å². The van der Waals surface area contributed by atoms with Gasteiger partial charge in [-0.25, -0.2) is 9.37 Å². The van der Waals surface area contributed by atoms with Gasteiger partial charge in [-0.15, -0.1) is 11.3 Å². The Bertz CT molecular complexity index is 539. The Morgan fingerprint density at radius 3 is 2.88 bits per heavy atom. The van der Waals surface area contributed by atoms with Gasteiger partial charge in [0.15, 0.2) is 0 Å². The average Bonchev–Trinajstić information content (AvgIpc) is 2.75. The highest BCUT2D eigenvalue weighted by Gasteiger charge is 2.09. The molecule has 3 nitrogen and oxygen atoms in total. The quantitative estimate of drug-likeness (QED) is 0.908. The van der Waals surface area contributed by atoms with Crippen molar-refractivity contribution < 1.29 is 14.3 Å². The van der Waals surface area contributed by atoms with Crippen LogP contribution in [0.15, 0.2) is 30.5 Å². The fourth-order valence-corrected chi connectivity index (χ4v) is 2.37. The lowest BCUT2D eigenvalue weighted by Gasteiger charge is -1.97. The summed E-state index contributed by atoms with van der Waals surface area (Å²) >= 11 is 1.33. The van der Waals surface area contributed by atoms with Gasteiger partial charge in [-0.05, 0) is 6.07 Å². The average molecular weight is 251 g/mol. The summed E-state index contributed by atoms with van der Waals surface area (Å²) in [6, 6.07) is 6.47. The molecular weight excluding hydrogens is 241 g/mol. The van der Waals surface area contributed by atoms with E-state index in [0.29, 0.717) is 17.0 Å². The number of aryl methyl sites for hydroxylation is 1. The van der Waals surface area contributed by atoms with Gasteiger partial charge >= 0.3 is 5.97 Å². The van der Waals surface area contributed by atoms with Crippen LogP contribution in [0, 0.1) is 5.82 Å². The molecule has 88 valence electrons. The number of aliphatic carboxylic acids is 1. The fourth-order valence-electron chi connectivity index (χ4n) is 1.43. The second-order valence-corrected chi connectivity index (χ2v) is 4.61. The van der Waals surface area contributed by atoms with Crippen molar-refractivity contribution in [1.29, 1.82) is 0 Å². The number of carbonyl (C=O) groups is 1. The maximum Gasteiger partial charge on any atom is 0.303 e. The molecule has 1 heterocycles. The molecule has 0 bridgehead atoms. The van der Waals surface area contributed by atoms with Crippen molar-refractivity contribution in [3.8, 4) is 10.4 Å². The highest BCUT2D eigenvalue weighted by Crippen LogP contribution is 2.28. The van der Waals surface area contributed by atoms with Crippen molar-refractivity contribution >= 4 is 17.3 Å². The normalized spacial score (nSPS) is 10.4. The molecule has 0 aliphatic heterocycles. The third-order valence-electron chi connectivity index (χ3n) is 2.25. The molecule has 1 N–H and O–H groups in total. The smallest absolute Gasteiger partial charge is 0.303 e. The molecule has 1 aromatic carbocycles. The molecule has 0 amide bonds. The van der Waals surface area contributed by atoms with E-state index in [1.54, 1.807) is 24.4 Å². The van der Waals surface area contributed by atoms with Crippen LogP contribution in [0.5, 0.6) is 0 Å². The zero-order valence-electron chi connectivity index (χ0n) is 8.89. The Balaban J connectivity index is 2.18. The fraction of sp³-hybridized carbons (Fsp3) is 0.167. The SMILES string of the molecule is O=C(O)CCc1ncc(-c2ccccc2F)s1. The van der Waals surface area contributed by atoms with E-state index in [0.717, 1.165) is 4.88 Å². The summed E-state index contributed by atoms with van der Waals surface area (Å²) in [6.07, 6.45) is 2.01. The Morgan fingerprint density at radius 1 is 1.41 bits per heavy atom. The topological polar surface area (TPSA) is 50.2 Å². The number of aromatic nitrogens is 1. The van der Waals surface area contributed by atoms with Gasteiger partial charge in [0.05, 0.1) is 16.3 Å². The minimum absolute atomic E-state index is 0.0459. The van der Waals surface area contributed by atoms with Crippen LogP contribution in [0.4, 0.5) is 4.39 Å². The molecule has 0 spiro atoms. The van der Waals surface area contributed by atoms with Crippen LogP contribution < -0.4 is 0 Å². The molecule has 0 unspecified atom stereocenters. The zero-order valence-corrected chi connectivity index (χ0v) is 9.71. The summed E-state index contributed by atoms with van der Waals surface area (Å²) in [5.41, 5.74) is 0.506. The lowest BCUT2D eigenvalue weighted by molar-refractivity contribution is -0.136. The van der Waals surface area contributed by atoms with Gasteiger partial charge in [0.2, 0.25) is 0 Å². The summed E-state index contributed by atoms with van der Waals surface area (Å²) in [4.78, 5) is 15.2. The highest BCUT2D eigenvalue weighted by molar-refractivity contribution is 7.15. The van der Waals surface area contributed by atoms with Gasteiger partial charge in [0.1, 0.15) is 5.82 Å². The molecule has 0 atom stereocenters. The maximum atomic E-state index is 13.5. The highest BCUT2D eigenvalue weighted by atomic mass is 32.1. The van der Waals surface area contributed by atoms with Gasteiger partial charge < -0.3 is 5.11 Å². The van der Waals surface area contributed by atoms with Crippen molar-refractivity contribution in [3.63, 3.8) is 0 Å². The van der Waals surface area contributed by atoms with E-state index in [9.17, 15) is 9.18 Å². The maximum absolute atomic E-state index is 13.5. The van der Waals surface area contributed by atoms with Crippen LogP contribution in [0.1, 0.15) is 11.4 Å². The first-order valence-electron chi connectivity index (χ1n) is 5.08. The Kier molecular flexibility index (Phi) is 3.49. The monoisotopic (exact) mass is 251 g/mol. The second-order valence-electron chi connectivity index (χ2n) is 3.49. The first kappa shape index (κ1) is 11.7. The summed E-state index contributed by atoms with van der Waals surface area (Å²) in [7, 11) is 0. The third-order valence-corrected chi connectivity index (χ3v) is 3.34. The van der Waals surface area contributed by atoms with Gasteiger partial charge in [0, 0.05) is 18.2 Å². The van der Waals surface area contributed by atoms with Crippen LogP contribution in [0.2, 0.25) is 0 Å². The number of halogens is 1. The van der Waals surface area contributed by atoms with Gasteiger partial charge in [-0.3, -0.25) is 4.79 Å². The summed E-state index contributed by atoms with van der Waals surface area (Å²) in [5, 5.41) is 9.27. The predicted molar refractivity (Wildman–Crippen MR) is 63.5 cm³/mol. The number of nitrogens with zero attached hydrogens (tertiary/aromatic N) is 1. The minimum atomic E-state index is -0.854. The zero-order chi connectivity index (χ0) is 12.3.